The summed E-state index contributed by atoms with van der Waals surface area (Å²) >= 11 is 0. The van der Waals surface area contributed by atoms with Crippen LogP contribution in [0.5, 0.6) is 5.75 Å². The number of rotatable bonds is 6. The highest BCUT2D eigenvalue weighted by Gasteiger charge is 2.20. The molecule has 0 aliphatic heterocycles. The maximum Gasteiger partial charge on any atom is 0.296 e. The molecule has 1 atom stereocenters. The van der Waals surface area contributed by atoms with Crippen LogP contribution < -0.4 is 10.3 Å². The Morgan fingerprint density at radius 3 is 2.63 bits per heavy atom. The molecule has 2 aromatic heterocycles. The normalized spacial score (nSPS) is 11.9. The van der Waals surface area contributed by atoms with E-state index in [1.807, 2.05) is 36.4 Å². The number of fused-ring (bicyclic) bond motifs is 1. The molecule has 1 unspecified atom stereocenters. The third-order valence-electron chi connectivity index (χ3n) is 4.61. The van der Waals surface area contributed by atoms with E-state index in [9.17, 15) is 9.90 Å². The first-order valence-corrected chi connectivity index (χ1v) is 9.30. The van der Waals surface area contributed by atoms with E-state index in [0.717, 1.165) is 5.56 Å². The van der Waals surface area contributed by atoms with Crippen LogP contribution in [-0.4, -0.2) is 32.8 Å². The van der Waals surface area contributed by atoms with Gasteiger partial charge in [-0.05, 0) is 31.2 Å². The molecule has 4 aromatic rings. The molecule has 0 radical (unpaired) electrons. The van der Waals surface area contributed by atoms with Crippen LogP contribution in [0, 0.1) is 18.3 Å². The van der Waals surface area contributed by atoms with Crippen molar-refractivity contribution < 1.29 is 14.4 Å². The predicted octanol–water partition coefficient (Wildman–Crippen LogP) is 2.67. The second kappa shape index (κ2) is 8.19. The molecule has 1 N–H and O–H groups in total. The van der Waals surface area contributed by atoms with Crippen molar-refractivity contribution in [1.82, 2.24) is 14.9 Å². The van der Waals surface area contributed by atoms with Crippen LogP contribution in [-0.2, 0) is 6.54 Å². The van der Waals surface area contributed by atoms with Crippen LogP contribution in [0.4, 0.5) is 0 Å². The Labute approximate surface area is 171 Å². The van der Waals surface area contributed by atoms with Crippen molar-refractivity contribution in [2.75, 3.05) is 6.61 Å². The zero-order valence-electron chi connectivity index (χ0n) is 16.1. The summed E-state index contributed by atoms with van der Waals surface area (Å²) in [4.78, 5) is 12.8. The molecular formula is C22H18N4O4. The van der Waals surface area contributed by atoms with E-state index in [1.54, 1.807) is 31.2 Å². The number of nitrogens with zero attached hydrogens (tertiary/aromatic N) is 4. The third-order valence-corrected chi connectivity index (χ3v) is 4.61. The molecule has 2 heterocycles. The number of aryl methyl sites for hydroxylation is 1. The van der Waals surface area contributed by atoms with Gasteiger partial charge in [-0.15, -0.1) is 0 Å². The SMILES string of the molecule is Cc1onc2c(=O)n(CC(O)COc3ccc(C#N)cc3)nc(-c3ccccc3)c12. The Bertz CT molecular complexity index is 1270. The second-order valence-electron chi connectivity index (χ2n) is 6.77. The van der Waals surface area contributed by atoms with Crippen molar-refractivity contribution in [3.63, 3.8) is 0 Å². The van der Waals surface area contributed by atoms with Gasteiger partial charge in [0, 0.05) is 5.56 Å². The van der Waals surface area contributed by atoms with Crippen molar-refractivity contribution in [1.29, 1.82) is 5.26 Å². The van der Waals surface area contributed by atoms with Gasteiger partial charge in [0.2, 0.25) is 0 Å². The lowest BCUT2D eigenvalue weighted by Gasteiger charge is -2.14. The molecule has 30 heavy (non-hydrogen) atoms. The van der Waals surface area contributed by atoms with Gasteiger partial charge in [0.25, 0.3) is 5.56 Å². The molecule has 0 fully saturated rings. The molecular weight excluding hydrogens is 384 g/mol. The first-order valence-electron chi connectivity index (χ1n) is 9.30. The standard InChI is InChI=1S/C22H18N4O4/c1-14-19-20(16-5-3-2-4-6-16)24-26(22(28)21(19)25-30-14)12-17(27)13-29-18-9-7-15(11-23)8-10-18/h2-10,17,27H,12-13H2,1H3. The Kier molecular flexibility index (Phi) is 5.28. The van der Waals surface area contributed by atoms with Crippen LogP contribution in [0.15, 0.2) is 63.9 Å². The average molecular weight is 402 g/mol. The number of aromatic nitrogens is 3. The van der Waals surface area contributed by atoms with Gasteiger partial charge in [-0.2, -0.15) is 10.4 Å². The van der Waals surface area contributed by atoms with Gasteiger partial charge in [-0.3, -0.25) is 4.79 Å². The van der Waals surface area contributed by atoms with Gasteiger partial charge in [-0.1, -0.05) is 35.5 Å². The van der Waals surface area contributed by atoms with E-state index in [4.69, 9.17) is 14.5 Å². The summed E-state index contributed by atoms with van der Waals surface area (Å²) in [6, 6.07) is 18.0. The monoisotopic (exact) mass is 402 g/mol. The molecule has 0 saturated carbocycles. The molecule has 2 aromatic carbocycles. The molecule has 0 spiro atoms. The largest absolute Gasteiger partial charge is 0.491 e. The topological polar surface area (TPSA) is 114 Å². The maximum absolute atomic E-state index is 12.8. The first-order chi connectivity index (χ1) is 14.6. The van der Waals surface area contributed by atoms with Crippen LogP contribution in [0.25, 0.3) is 22.2 Å². The molecule has 4 rings (SSSR count). The number of ether oxygens (including phenoxy) is 1. The molecule has 0 bridgehead atoms. The van der Waals surface area contributed by atoms with Gasteiger partial charge >= 0.3 is 0 Å². The molecule has 0 saturated heterocycles. The summed E-state index contributed by atoms with van der Waals surface area (Å²) in [7, 11) is 0. The predicted molar refractivity (Wildman–Crippen MR) is 109 cm³/mol. The van der Waals surface area contributed by atoms with Gasteiger partial charge < -0.3 is 14.4 Å². The summed E-state index contributed by atoms with van der Waals surface area (Å²) in [5, 5.41) is 28.2. The molecule has 8 nitrogen and oxygen atoms in total. The lowest BCUT2D eigenvalue weighted by atomic mass is 10.1. The summed E-state index contributed by atoms with van der Waals surface area (Å²) in [6.45, 7) is 1.61. The van der Waals surface area contributed by atoms with E-state index in [1.165, 1.54) is 4.68 Å². The Morgan fingerprint density at radius 1 is 1.20 bits per heavy atom. The van der Waals surface area contributed by atoms with E-state index in [2.05, 4.69) is 10.3 Å². The Hall–Kier alpha value is -3.96. The van der Waals surface area contributed by atoms with Gasteiger partial charge in [0.1, 0.15) is 29.9 Å². The van der Waals surface area contributed by atoms with Crippen molar-refractivity contribution in [2.24, 2.45) is 0 Å². The minimum absolute atomic E-state index is 0.0451. The van der Waals surface area contributed by atoms with Crippen LogP contribution >= 0.6 is 0 Å². The van der Waals surface area contributed by atoms with Crippen molar-refractivity contribution in [3.05, 3.63) is 76.3 Å². The van der Waals surface area contributed by atoms with Crippen molar-refractivity contribution >= 4 is 10.9 Å². The average Bonchev–Trinajstić information content (AvgIpc) is 3.17. The first kappa shape index (κ1) is 19.4. The molecule has 0 aliphatic rings. The highest BCUT2D eigenvalue weighted by molar-refractivity contribution is 5.92. The van der Waals surface area contributed by atoms with Crippen LogP contribution in [0.1, 0.15) is 11.3 Å². The van der Waals surface area contributed by atoms with Gasteiger partial charge in [0.15, 0.2) is 5.52 Å². The molecule has 0 amide bonds. The van der Waals surface area contributed by atoms with E-state index < -0.39 is 11.7 Å². The highest BCUT2D eigenvalue weighted by Crippen LogP contribution is 2.26. The van der Waals surface area contributed by atoms with Crippen LogP contribution in [0.3, 0.4) is 0 Å². The van der Waals surface area contributed by atoms with Gasteiger partial charge in [0.05, 0.1) is 23.6 Å². The highest BCUT2D eigenvalue weighted by atomic mass is 16.5. The smallest absolute Gasteiger partial charge is 0.296 e. The Morgan fingerprint density at radius 2 is 1.93 bits per heavy atom. The fraction of sp³-hybridized carbons (Fsp3) is 0.182. The van der Waals surface area contributed by atoms with Crippen molar-refractivity contribution in [3.8, 4) is 23.1 Å². The zero-order valence-corrected chi connectivity index (χ0v) is 16.1. The van der Waals surface area contributed by atoms with Crippen molar-refractivity contribution in [2.45, 2.75) is 19.6 Å². The lowest BCUT2D eigenvalue weighted by molar-refractivity contribution is 0.0882. The fourth-order valence-corrected chi connectivity index (χ4v) is 3.13. The quantitative estimate of drug-likeness (QED) is 0.527. The summed E-state index contributed by atoms with van der Waals surface area (Å²) in [5.41, 5.74) is 1.61. The van der Waals surface area contributed by atoms with Crippen LogP contribution in [0.2, 0.25) is 0 Å². The Balaban J connectivity index is 1.60. The number of aliphatic hydroxyl groups excluding tert-OH is 1. The fourth-order valence-electron chi connectivity index (χ4n) is 3.13. The molecule has 8 heteroatoms. The summed E-state index contributed by atoms with van der Waals surface area (Å²) in [5.74, 6) is 1.02. The third kappa shape index (κ3) is 3.79. The van der Waals surface area contributed by atoms with E-state index in [0.29, 0.717) is 28.2 Å². The minimum atomic E-state index is -0.986. The molecule has 0 aliphatic carbocycles. The number of benzene rings is 2. The lowest BCUT2D eigenvalue weighted by Crippen LogP contribution is -2.32. The number of hydrogen-bond acceptors (Lipinski definition) is 7. The summed E-state index contributed by atoms with van der Waals surface area (Å²) in [6.07, 6.45) is -0.986. The van der Waals surface area contributed by atoms with E-state index >= 15 is 0 Å². The number of nitriles is 1. The second-order valence-corrected chi connectivity index (χ2v) is 6.77. The van der Waals surface area contributed by atoms with Gasteiger partial charge in [-0.25, -0.2) is 4.68 Å². The number of aliphatic hydroxyl groups is 1. The van der Waals surface area contributed by atoms with E-state index in [-0.39, 0.29) is 18.7 Å². The molecule has 150 valence electrons. The summed E-state index contributed by atoms with van der Waals surface area (Å²) < 4.78 is 12.0. The number of hydrogen-bond donors (Lipinski definition) is 1. The minimum Gasteiger partial charge on any atom is -0.491 e. The zero-order chi connectivity index (χ0) is 21.1. The maximum atomic E-state index is 12.8.